The Morgan fingerprint density at radius 1 is 1.30 bits per heavy atom. The third-order valence-electron chi connectivity index (χ3n) is 6.38. The predicted octanol–water partition coefficient (Wildman–Crippen LogP) is 3.63. The lowest BCUT2D eigenvalue weighted by atomic mass is 10.1. The van der Waals surface area contributed by atoms with Crippen molar-refractivity contribution in [1.82, 2.24) is 19.4 Å². The van der Waals surface area contributed by atoms with Crippen molar-refractivity contribution in [3.05, 3.63) is 50.8 Å². The van der Waals surface area contributed by atoms with Crippen molar-refractivity contribution in [2.45, 2.75) is 57.0 Å². The quantitative estimate of drug-likeness (QED) is 0.432. The van der Waals surface area contributed by atoms with Crippen molar-refractivity contribution in [2.24, 2.45) is 7.05 Å². The monoisotopic (exact) mass is 610 g/mol. The van der Waals surface area contributed by atoms with Crippen LogP contribution in [0.4, 0.5) is 10.6 Å². The lowest BCUT2D eigenvalue weighted by Crippen LogP contribution is -2.49. The number of hydrogen-bond acceptors (Lipinski definition) is 8. The molecule has 1 aliphatic heterocycles. The Morgan fingerprint density at radius 2 is 1.98 bits per heavy atom. The van der Waals surface area contributed by atoms with Gasteiger partial charge in [0.2, 0.25) is 15.0 Å². The molecule has 4 rings (SSSR count). The van der Waals surface area contributed by atoms with E-state index in [4.69, 9.17) is 16.3 Å². The summed E-state index contributed by atoms with van der Waals surface area (Å²) < 4.78 is 32.9. The second-order valence-electron chi connectivity index (χ2n) is 10.6. The molecular weight excluding hydrogens is 579 g/mol. The van der Waals surface area contributed by atoms with E-state index in [2.05, 4.69) is 16.4 Å². The zero-order valence-electron chi connectivity index (χ0n) is 22.9. The molecule has 0 unspecified atom stereocenters. The van der Waals surface area contributed by atoms with Crippen LogP contribution >= 0.6 is 24.0 Å². The molecule has 0 saturated carbocycles. The number of fused-ring (bicyclic) bond motifs is 1. The maximum Gasteiger partial charge on any atom is 0.407 e. The van der Waals surface area contributed by atoms with Gasteiger partial charge in [-0.2, -0.15) is 5.26 Å². The summed E-state index contributed by atoms with van der Waals surface area (Å²) in [5, 5.41) is 13.2. The first kappa shape index (κ1) is 31.3. The largest absolute Gasteiger partial charge is 0.444 e. The molecule has 14 heteroatoms. The van der Waals surface area contributed by atoms with Gasteiger partial charge in [-0.05, 0) is 45.2 Å². The number of rotatable bonds is 5. The molecule has 1 amide bonds. The minimum absolute atomic E-state index is 0. The minimum atomic E-state index is -3.87. The first-order chi connectivity index (χ1) is 18.2. The molecule has 0 spiro atoms. The Balaban J connectivity index is 0.00000441. The zero-order valence-corrected chi connectivity index (χ0v) is 25.3. The average molecular weight is 612 g/mol. The smallest absolute Gasteiger partial charge is 0.407 e. The highest BCUT2D eigenvalue weighted by atomic mass is 35.5. The molecule has 216 valence electrons. The lowest BCUT2D eigenvalue weighted by Gasteiger charge is -2.35. The normalized spacial score (nSPS) is 15.8. The van der Waals surface area contributed by atoms with Crippen LogP contribution in [0, 0.1) is 11.3 Å². The Bertz CT molecular complexity index is 1650. The number of anilines is 1. The van der Waals surface area contributed by atoms with E-state index in [1.54, 1.807) is 37.5 Å². The molecule has 1 fully saturated rings. The second-order valence-corrected chi connectivity index (χ2v) is 13.0. The van der Waals surface area contributed by atoms with Crippen molar-refractivity contribution < 1.29 is 17.9 Å². The summed E-state index contributed by atoms with van der Waals surface area (Å²) in [5.41, 5.74) is -0.370. The van der Waals surface area contributed by atoms with E-state index in [1.165, 1.54) is 7.05 Å². The molecular formula is C26H32Cl2N6O5S. The van der Waals surface area contributed by atoms with Crippen molar-refractivity contribution in [2.75, 3.05) is 24.2 Å². The number of nitrogens with zero attached hydrogens (tertiary/aromatic N) is 5. The fraction of sp³-hybridized carbons (Fsp3) is 0.462. The first-order valence-electron chi connectivity index (χ1n) is 12.4. The number of sulfone groups is 1. The number of nitriles is 1. The number of alkyl carbamates (subject to hydrolysis) is 1. The molecule has 0 bridgehead atoms. The van der Waals surface area contributed by atoms with Gasteiger partial charge < -0.3 is 19.5 Å². The minimum Gasteiger partial charge on any atom is -0.444 e. The van der Waals surface area contributed by atoms with Crippen LogP contribution in [0.15, 0.2) is 34.2 Å². The van der Waals surface area contributed by atoms with E-state index in [0.29, 0.717) is 42.3 Å². The molecule has 3 heterocycles. The Labute approximate surface area is 244 Å². The fourth-order valence-electron chi connectivity index (χ4n) is 4.81. The number of carbonyl (C=O) groups is 1. The van der Waals surface area contributed by atoms with E-state index >= 15 is 0 Å². The standard InChI is InChI=1S/C26H31ClN6O5S.ClH/c1-26(2,3)38-25(35)29-17-10-8-12-32(15-17)22-18(13-28)20-21(23(34)31(4)24(30-20)39(5,36)37)33(22)14-16-9-6-7-11-19(16)27;/h6-7,9,11,17H,8,10,12,14-15H2,1-5H3,(H,29,35);1H/t17-;/m1./s1. The van der Waals surface area contributed by atoms with Crippen LogP contribution in [0.5, 0.6) is 0 Å². The molecule has 1 aromatic carbocycles. The fourth-order valence-corrected chi connectivity index (χ4v) is 5.84. The molecule has 0 radical (unpaired) electrons. The topological polar surface area (TPSA) is 139 Å². The maximum atomic E-state index is 13.6. The van der Waals surface area contributed by atoms with Gasteiger partial charge in [0.1, 0.15) is 34.1 Å². The van der Waals surface area contributed by atoms with Gasteiger partial charge >= 0.3 is 6.09 Å². The van der Waals surface area contributed by atoms with Crippen LogP contribution < -0.4 is 15.8 Å². The van der Waals surface area contributed by atoms with Crippen LogP contribution in [-0.2, 0) is 28.2 Å². The van der Waals surface area contributed by atoms with Crippen LogP contribution in [0.2, 0.25) is 5.02 Å². The SMILES string of the molecule is Cl.Cn1c(S(C)(=O)=O)nc2c(C#N)c(N3CCC[C@@H](NC(=O)OC(C)(C)C)C3)n(Cc3ccccc3Cl)c2c1=O. The summed E-state index contributed by atoms with van der Waals surface area (Å²) in [4.78, 5) is 32.3. The van der Waals surface area contributed by atoms with Crippen LogP contribution in [0.3, 0.4) is 0 Å². The average Bonchev–Trinajstić information content (AvgIpc) is 3.14. The number of piperidine rings is 1. The van der Waals surface area contributed by atoms with Gasteiger partial charge in [-0.15, -0.1) is 12.4 Å². The summed E-state index contributed by atoms with van der Waals surface area (Å²) in [7, 11) is -2.53. The van der Waals surface area contributed by atoms with E-state index in [-0.39, 0.29) is 41.6 Å². The molecule has 1 N–H and O–H groups in total. The van der Waals surface area contributed by atoms with Gasteiger partial charge in [-0.3, -0.25) is 9.36 Å². The van der Waals surface area contributed by atoms with Gasteiger partial charge in [0.25, 0.3) is 5.56 Å². The number of carbonyl (C=O) groups excluding carboxylic acids is 1. The second kappa shape index (κ2) is 11.7. The molecule has 1 aliphatic rings. The molecule has 11 nitrogen and oxygen atoms in total. The van der Waals surface area contributed by atoms with Gasteiger partial charge in [0, 0.05) is 37.5 Å². The number of benzene rings is 1. The number of amides is 1. The molecule has 1 saturated heterocycles. The number of aromatic nitrogens is 3. The van der Waals surface area contributed by atoms with E-state index < -0.39 is 32.2 Å². The van der Waals surface area contributed by atoms with Crippen LogP contribution in [0.1, 0.15) is 44.7 Å². The molecule has 0 aliphatic carbocycles. The Kier molecular flexibility index (Phi) is 9.13. The predicted molar refractivity (Wildman–Crippen MR) is 155 cm³/mol. The summed E-state index contributed by atoms with van der Waals surface area (Å²) in [6, 6.07) is 9.02. The maximum absolute atomic E-state index is 13.6. The number of ether oxygens (including phenoxy) is 1. The molecule has 2 aromatic heterocycles. The summed E-state index contributed by atoms with van der Waals surface area (Å²) in [5.74, 6) is 0.415. The van der Waals surface area contributed by atoms with Gasteiger partial charge in [-0.25, -0.2) is 18.2 Å². The third kappa shape index (κ3) is 6.37. The van der Waals surface area contributed by atoms with Gasteiger partial charge in [-0.1, -0.05) is 29.8 Å². The van der Waals surface area contributed by atoms with E-state index in [9.17, 15) is 23.3 Å². The van der Waals surface area contributed by atoms with Crippen LogP contribution in [0.25, 0.3) is 11.0 Å². The molecule has 1 atom stereocenters. The van der Waals surface area contributed by atoms with Gasteiger partial charge in [0.05, 0.1) is 6.54 Å². The molecule has 40 heavy (non-hydrogen) atoms. The van der Waals surface area contributed by atoms with Crippen molar-refractivity contribution in [3.8, 4) is 6.07 Å². The zero-order chi connectivity index (χ0) is 28.7. The third-order valence-corrected chi connectivity index (χ3v) is 7.78. The summed E-state index contributed by atoms with van der Waals surface area (Å²) in [6.07, 6.45) is 1.81. The number of halogens is 2. The van der Waals surface area contributed by atoms with E-state index in [1.807, 2.05) is 17.0 Å². The van der Waals surface area contributed by atoms with Crippen LogP contribution in [-0.4, -0.2) is 59.6 Å². The lowest BCUT2D eigenvalue weighted by molar-refractivity contribution is 0.0500. The summed E-state index contributed by atoms with van der Waals surface area (Å²) in [6.45, 7) is 6.37. The first-order valence-corrected chi connectivity index (χ1v) is 14.7. The van der Waals surface area contributed by atoms with Crippen molar-refractivity contribution >= 4 is 56.8 Å². The Morgan fingerprint density at radius 3 is 2.58 bits per heavy atom. The highest BCUT2D eigenvalue weighted by Gasteiger charge is 2.32. The highest BCUT2D eigenvalue weighted by Crippen LogP contribution is 2.34. The highest BCUT2D eigenvalue weighted by molar-refractivity contribution is 7.90. The Hall–Kier alpha value is -3.27. The van der Waals surface area contributed by atoms with Crippen molar-refractivity contribution in [3.63, 3.8) is 0 Å². The number of hydrogen-bond donors (Lipinski definition) is 1. The molecule has 3 aromatic rings. The number of nitrogens with one attached hydrogen (secondary N) is 1. The van der Waals surface area contributed by atoms with Gasteiger partial charge in [0.15, 0.2) is 0 Å². The van der Waals surface area contributed by atoms with Crippen molar-refractivity contribution in [1.29, 1.82) is 5.26 Å². The summed E-state index contributed by atoms with van der Waals surface area (Å²) >= 11 is 6.46. The van der Waals surface area contributed by atoms with E-state index in [0.717, 1.165) is 10.8 Å².